The molecule has 2 aromatic heterocycles. The van der Waals surface area contributed by atoms with Gasteiger partial charge in [0, 0.05) is 26.1 Å². The number of carbonyl (C=O) groups is 1. The monoisotopic (exact) mass is 347 g/mol. The number of aryl methyl sites for hydroxylation is 2. The van der Waals surface area contributed by atoms with Gasteiger partial charge in [-0.05, 0) is 19.8 Å². The van der Waals surface area contributed by atoms with Gasteiger partial charge in [-0.2, -0.15) is 5.10 Å². The van der Waals surface area contributed by atoms with Crippen molar-refractivity contribution in [3.63, 3.8) is 0 Å². The van der Waals surface area contributed by atoms with E-state index in [1.165, 1.54) is 10.9 Å². The quantitative estimate of drug-likeness (QED) is 0.870. The number of hydrogen-bond donors (Lipinski definition) is 1. The van der Waals surface area contributed by atoms with Crippen LogP contribution in [0.1, 0.15) is 32.4 Å². The first kappa shape index (κ1) is 17.6. The predicted octanol–water partition coefficient (Wildman–Crippen LogP) is 0.448. The van der Waals surface area contributed by atoms with E-state index >= 15 is 0 Å². The third kappa shape index (κ3) is 3.18. The SMILES string of the molecule is Cc1c2ncn(CC3(O)CCN(C(=O)C(C)C)CC3)c(=O)c2nn1C. The lowest BCUT2D eigenvalue weighted by atomic mass is 9.90. The van der Waals surface area contributed by atoms with Gasteiger partial charge in [-0.25, -0.2) is 4.98 Å². The second-order valence-corrected chi connectivity index (χ2v) is 7.29. The molecule has 1 aliphatic rings. The number of carbonyl (C=O) groups excluding carboxylic acids is 1. The second-order valence-electron chi connectivity index (χ2n) is 7.29. The Morgan fingerprint density at radius 3 is 2.56 bits per heavy atom. The first-order valence-electron chi connectivity index (χ1n) is 8.62. The van der Waals surface area contributed by atoms with Crippen molar-refractivity contribution in [3.05, 3.63) is 22.4 Å². The average molecular weight is 347 g/mol. The molecule has 8 heteroatoms. The normalized spacial score (nSPS) is 17.4. The molecule has 136 valence electrons. The Morgan fingerprint density at radius 2 is 1.96 bits per heavy atom. The van der Waals surface area contributed by atoms with Gasteiger partial charge in [-0.3, -0.25) is 18.8 Å². The van der Waals surface area contributed by atoms with Crippen molar-refractivity contribution in [1.82, 2.24) is 24.2 Å². The molecule has 1 aliphatic heterocycles. The van der Waals surface area contributed by atoms with Crippen LogP contribution in [-0.2, 0) is 18.4 Å². The highest BCUT2D eigenvalue weighted by Crippen LogP contribution is 2.25. The van der Waals surface area contributed by atoms with Crippen LogP contribution in [0.4, 0.5) is 0 Å². The largest absolute Gasteiger partial charge is 0.388 e. The van der Waals surface area contributed by atoms with Crippen molar-refractivity contribution in [2.45, 2.75) is 45.8 Å². The number of piperidine rings is 1. The number of amides is 1. The smallest absolute Gasteiger partial charge is 0.281 e. The molecule has 0 spiro atoms. The molecule has 0 aliphatic carbocycles. The zero-order valence-electron chi connectivity index (χ0n) is 15.2. The Hall–Kier alpha value is -2.22. The lowest BCUT2D eigenvalue weighted by Gasteiger charge is -2.39. The van der Waals surface area contributed by atoms with Gasteiger partial charge in [0.1, 0.15) is 5.52 Å². The van der Waals surface area contributed by atoms with E-state index in [1.54, 1.807) is 16.6 Å². The van der Waals surface area contributed by atoms with Gasteiger partial charge in [0.25, 0.3) is 5.56 Å². The molecule has 1 N–H and O–H groups in total. The van der Waals surface area contributed by atoms with Crippen molar-refractivity contribution in [1.29, 1.82) is 0 Å². The molecule has 0 radical (unpaired) electrons. The number of hydrogen-bond acceptors (Lipinski definition) is 5. The van der Waals surface area contributed by atoms with Crippen LogP contribution in [0.15, 0.2) is 11.1 Å². The Balaban J connectivity index is 1.79. The third-order valence-electron chi connectivity index (χ3n) is 5.06. The zero-order valence-corrected chi connectivity index (χ0v) is 15.2. The van der Waals surface area contributed by atoms with Crippen LogP contribution in [0.3, 0.4) is 0 Å². The minimum Gasteiger partial charge on any atom is -0.388 e. The fraction of sp³-hybridized carbons (Fsp3) is 0.647. The van der Waals surface area contributed by atoms with E-state index in [0.29, 0.717) is 37.0 Å². The summed E-state index contributed by atoms with van der Waals surface area (Å²) in [5.41, 5.74) is 0.476. The Morgan fingerprint density at radius 1 is 1.32 bits per heavy atom. The Bertz CT molecular complexity index is 859. The van der Waals surface area contributed by atoms with Crippen LogP contribution < -0.4 is 5.56 Å². The van der Waals surface area contributed by atoms with Gasteiger partial charge in [-0.15, -0.1) is 0 Å². The summed E-state index contributed by atoms with van der Waals surface area (Å²) in [4.78, 5) is 30.8. The van der Waals surface area contributed by atoms with Crippen molar-refractivity contribution >= 4 is 16.9 Å². The van der Waals surface area contributed by atoms with E-state index in [2.05, 4.69) is 10.1 Å². The summed E-state index contributed by atoms with van der Waals surface area (Å²) in [6.45, 7) is 6.77. The standard InChI is InChI=1S/C17H25N5O3/c1-11(2)15(23)21-7-5-17(25,6-8-21)9-22-10-18-13-12(3)20(4)19-14(13)16(22)24/h10-11,25H,5-9H2,1-4H3. The summed E-state index contributed by atoms with van der Waals surface area (Å²) in [6.07, 6.45) is 2.36. The fourth-order valence-electron chi connectivity index (χ4n) is 3.31. The second kappa shape index (κ2) is 6.25. The molecule has 3 rings (SSSR count). The number of fused-ring (bicyclic) bond motifs is 1. The topological polar surface area (TPSA) is 93.2 Å². The maximum absolute atomic E-state index is 12.6. The molecule has 1 amide bonds. The predicted molar refractivity (Wildman–Crippen MR) is 93.1 cm³/mol. The number of aromatic nitrogens is 4. The number of nitrogens with zero attached hydrogens (tertiary/aromatic N) is 5. The molecular formula is C17H25N5O3. The summed E-state index contributed by atoms with van der Waals surface area (Å²) in [7, 11) is 1.77. The number of likely N-dealkylation sites (tertiary alicyclic amines) is 1. The molecule has 25 heavy (non-hydrogen) atoms. The van der Waals surface area contributed by atoms with E-state index < -0.39 is 5.60 Å². The van der Waals surface area contributed by atoms with E-state index in [1.807, 2.05) is 20.8 Å². The molecule has 1 fully saturated rings. The third-order valence-corrected chi connectivity index (χ3v) is 5.06. The van der Waals surface area contributed by atoms with Gasteiger partial charge >= 0.3 is 0 Å². The summed E-state index contributed by atoms with van der Waals surface area (Å²) >= 11 is 0. The summed E-state index contributed by atoms with van der Waals surface area (Å²) in [6, 6.07) is 0. The van der Waals surface area contributed by atoms with Crippen LogP contribution in [0.2, 0.25) is 0 Å². The minimum atomic E-state index is -1.02. The number of rotatable bonds is 3. The maximum atomic E-state index is 12.6. The van der Waals surface area contributed by atoms with E-state index in [-0.39, 0.29) is 23.9 Å². The van der Waals surface area contributed by atoms with Gasteiger partial charge in [0.15, 0.2) is 5.52 Å². The van der Waals surface area contributed by atoms with Crippen molar-refractivity contribution in [2.75, 3.05) is 13.1 Å². The molecule has 0 bridgehead atoms. The van der Waals surface area contributed by atoms with Gasteiger partial charge in [0.2, 0.25) is 5.91 Å². The van der Waals surface area contributed by atoms with Gasteiger partial charge in [0.05, 0.1) is 24.2 Å². The maximum Gasteiger partial charge on any atom is 0.281 e. The highest BCUT2D eigenvalue weighted by Gasteiger charge is 2.35. The number of aliphatic hydroxyl groups is 1. The Kier molecular flexibility index (Phi) is 4.40. The lowest BCUT2D eigenvalue weighted by Crippen LogP contribution is -2.50. The van der Waals surface area contributed by atoms with E-state index in [0.717, 1.165) is 5.69 Å². The molecule has 0 saturated carbocycles. The van der Waals surface area contributed by atoms with Crippen molar-refractivity contribution in [3.8, 4) is 0 Å². The van der Waals surface area contributed by atoms with Gasteiger partial charge in [-0.1, -0.05) is 13.8 Å². The Labute approximate surface area is 146 Å². The van der Waals surface area contributed by atoms with Crippen LogP contribution in [0, 0.1) is 12.8 Å². The molecule has 3 heterocycles. The van der Waals surface area contributed by atoms with E-state index in [9.17, 15) is 14.7 Å². The lowest BCUT2D eigenvalue weighted by molar-refractivity contribution is -0.139. The highest BCUT2D eigenvalue weighted by molar-refractivity contribution is 5.78. The minimum absolute atomic E-state index is 0.0483. The molecule has 8 nitrogen and oxygen atoms in total. The van der Waals surface area contributed by atoms with Crippen LogP contribution in [0.25, 0.3) is 11.0 Å². The van der Waals surface area contributed by atoms with Crippen LogP contribution in [-0.4, -0.2) is 53.9 Å². The van der Waals surface area contributed by atoms with E-state index in [4.69, 9.17) is 0 Å². The molecule has 0 unspecified atom stereocenters. The fourth-order valence-corrected chi connectivity index (χ4v) is 3.31. The van der Waals surface area contributed by atoms with Crippen LogP contribution >= 0.6 is 0 Å². The molecule has 0 aromatic carbocycles. The molecule has 0 atom stereocenters. The summed E-state index contributed by atoms with van der Waals surface area (Å²) in [5.74, 6) is 0.0547. The molecule has 1 saturated heterocycles. The summed E-state index contributed by atoms with van der Waals surface area (Å²) < 4.78 is 3.06. The van der Waals surface area contributed by atoms with Crippen LogP contribution in [0.5, 0.6) is 0 Å². The van der Waals surface area contributed by atoms with Crippen molar-refractivity contribution in [2.24, 2.45) is 13.0 Å². The van der Waals surface area contributed by atoms with Gasteiger partial charge < -0.3 is 10.0 Å². The highest BCUT2D eigenvalue weighted by atomic mass is 16.3. The first-order valence-corrected chi connectivity index (χ1v) is 8.62. The zero-order chi connectivity index (χ0) is 18.4. The van der Waals surface area contributed by atoms with Crippen molar-refractivity contribution < 1.29 is 9.90 Å². The summed E-state index contributed by atoms with van der Waals surface area (Å²) in [5, 5.41) is 15.1. The molecular weight excluding hydrogens is 322 g/mol. The average Bonchev–Trinajstić information content (AvgIpc) is 2.86. The first-order chi connectivity index (χ1) is 11.7. The molecule has 2 aromatic rings.